The van der Waals surface area contributed by atoms with Crippen LogP contribution in [0.5, 0.6) is 0 Å². The van der Waals surface area contributed by atoms with Crippen LogP contribution in [-0.2, 0) is 11.8 Å². The number of imidazole rings is 1. The molecule has 0 saturated heterocycles. The van der Waals surface area contributed by atoms with Crippen LogP contribution < -0.4 is 0 Å². The van der Waals surface area contributed by atoms with Crippen molar-refractivity contribution in [3.8, 4) is 0 Å². The molecule has 2 heterocycles. The van der Waals surface area contributed by atoms with Gasteiger partial charge in [-0.1, -0.05) is 0 Å². The molecule has 0 spiro atoms. The van der Waals surface area contributed by atoms with Gasteiger partial charge in [0.05, 0.1) is 0 Å². The highest BCUT2D eigenvalue weighted by atomic mass is 79.9. The molecule has 0 fully saturated rings. The molecule has 5 nitrogen and oxygen atoms in total. The molecule has 6 heteroatoms. The maximum Gasteiger partial charge on any atom is 0.218 e. The van der Waals surface area contributed by atoms with Crippen LogP contribution in [0.15, 0.2) is 29.4 Å². The summed E-state index contributed by atoms with van der Waals surface area (Å²) < 4.78 is 4.06. The third-order valence-electron chi connectivity index (χ3n) is 1.73. The molecule has 2 aromatic rings. The summed E-state index contributed by atoms with van der Waals surface area (Å²) in [7, 11) is 1.92. The lowest BCUT2D eigenvalue weighted by Gasteiger charge is -1.87. The number of rotatable bonds is 1. The van der Waals surface area contributed by atoms with Gasteiger partial charge in [0.15, 0.2) is 0 Å². The number of halogens is 1. The highest BCUT2D eigenvalue weighted by molar-refractivity contribution is 9.10. The quantitative estimate of drug-likeness (QED) is 0.737. The fraction of sp³-hybridized carbons (Fsp3) is 0.222. The maximum atomic E-state index is 9.79. The van der Waals surface area contributed by atoms with Crippen LogP contribution in [0.3, 0.4) is 0 Å². The van der Waals surface area contributed by atoms with E-state index in [0.29, 0.717) is 6.41 Å². The van der Waals surface area contributed by atoms with E-state index in [0.717, 1.165) is 10.3 Å². The first-order chi connectivity index (χ1) is 7.13. The Labute approximate surface area is 95.9 Å². The van der Waals surface area contributed by atoms with E-state index < -0.39 is 0 Å². The van der Waals surface area contributed by atoms with Gasteiger partial charge in [0.2, 0.25) is 6.41 Å². The van der Waals surface area contributed by atoms with Crippen molar-refractivity contribution in [3.63, 3.8) is 0 Å². The van der Waals surface area contributed by atoms with Crippen LogP contribution in [0, 0.1) is 6.92 Å². The predicted octanol–water partition coefficient (Wildman–Crippen LogP) is 1.41. The number of hydrogen-bond acceptors (Lipinski definition) is 3. The molecule has 0 aliphatic carbocycles. The summed E-state index contributed by atoms with van der Waals surface area (Å²) in [5.41, 5.74) is 1.16. The zero-order valence-corrected chi connectivity index (χ0v) is 10.0. The van der Waals surface area contributed by atoms with Crippen LogP contribution in [0.1, 0.15) is 5.69 Å². The van der Waals surface area contributed by atoms with Crippen molar-refractivity contribution in [1.29, 1.82) is 0 Å². The molecule has 80 valence electrons. The third-order valence-corrected chi connectivity index (χ3v) is 2.12. The van der Waals surface area contributed by atoms with Gasteiger partial charge in [-0.3, -0.25) is 14.0 Å². The molecule has 0 bridgehead atoms. The molecule has 2 aromatic heterocycles. The fourth-order valence-electron chi connectivity index (χ4n) is 0.849. The van der Waals surface area contributed by atoms with Gasteiger partial charge < -0.3 is 0 Å². The minimum atomic E-state index is 0.688. The summed E-state index contributed by atoms with van der Waals surface area (Å²) in [6.45, 7) is 2.01. The van der Waals surface area contributed by atoms with E-state index in [4.69, 9.17) is 0 Å². The molecule has 0 aliphatic rings. The summed E-state index contributed by atoms with van der Waals surface area (Å²) in [6, 6.07) is 1.97. The first-order valence-corrected chi connectivity index (χ1v) is 5.01. The molecule has 0 aliphatic heterocycles. The van der Waals surface area contributed by atoms with E-state index in [1.807, 2.05) is 24.7 Å². The molecule has 0 atom stereocenters. The Bertz CT molecular complexity index is 402. The summed E-state index contributed by atoms with van der Waals surface area (Å²) in [6.07, 6.45) is 5.25. The minimum Gasteiger partial charge on any atom is -0.279 e. The average molecular weight is 271 g/mol. The second-order valence-electron chi connectivity index (χ2n) is 2.85. The maximum absolute atomic E-state index is 9.79. The Hall–Kier alpha value is -1.43. The molecule has 0 radical (unpaired) electrons. The standard InChI is InChI=1S/C5H7BrN2.C4H4N2O/c1-4-3-5(6)7-8(4)2;7-4-6-2-1-5-3-6/h3H,1-2H3;1-4H. The molecular weight excluding hydrogens is 260 g/mol. The van der Waals surface area contributed by atoms with Gasteiger partial charge >= 0.3 is 0 Å². The first kappa shape index (κ1) is 11.6. The van der Waals surface area contributed by atoms with Crippen molar-refractivity contribution >= 4 is 22.3 Å². The minimum absolute atomic E-state index is 0.688. The highest BCUT2D eigenvalue weighted by Crippen LogP contribution is 2.06. The number of aromatic nitrogens is 4. The van der Waals surface area contributed by atoms with Gasteiger partial charge in [-0.25, -0.2) is 4.98 Å². The van der Waals surface area contributed by atoms with Gasteiger partial charge in [-0.2, -0.15) is 5.10 Å². The van der Waals surface area contributed by atoms with Crippen molar-refractivity contribution in [2.75, 3.05) is 0 Å². The number of nitrogens with zero attached hydrogens (tertiary/aromatic N) is 4. The van der Waals surface area contributed by atoms with Crippen LogP contribution in [0.4, 0.5) is 0 Å². The Balaban J connectivity index is 0.000000151. The molecule has 0 N–H and O–H groups in total. The summed E-state index contributed by atoms with van der Waals surface area (Å²) in [4.78, 5) is 13.4. The largest absolute Gasteiger partial charge is 0.279 e. The van der Waals surface area contributed by atoms with Crippen molar-refractivity contribution in [3.05, 3.63) is 35.1 Å². The Morgan fingerprint density at radius 3 is 2.47 bits per heavy atom. The van der Waals surface area contributed by atoms with Crippen LogP contribution in [0.25, 0.3) is 0 Å². The molecule has 0 amide bonds. The Kier molecular flexibility index (Phi) is 4.23. The van der Waals surface area contributed by atoms with Gasteiger partial charge in [-0.05, 0) is 28.9 Å². The summed E-state index contributed by atoms with van der Waals surface area (Å²) in [5, 5.41) is 4.04. The third kappa shape index (κ3) is 3.67. The molecule has 0 unspecified atom stereocenters. The number of aryl methyl sites for hydroxylation is 2. The van der Waals surface area contributed by atoms with Gasteiger partial charge in [0.25, 0.3) is 0 Å². The van der Waals surface area contributed by atoms with E-state index in [1.54, 1.807) is 12.4 Å². The normalized spacial score (nSPS) is 9.27. The van der Waals surface area contributed by atoms with Crippen molar-refractivity contribution in [2.45, 2.75) is 6.92 Å². The Morgan fingerprint density at radius 1 is 1.53 bits per heavy atom. The van der Waals surface area contributed by atoms with Crippen molar-refractivity contribution in [2.24, 2.45) is 7.05 Å². The van der Waals surface area contributed by atoms with Gasteiger partial charge in [0.1, 0.15) is 10.9 Å². The number of carbonyl (C=O) groups excluding carboxylic acids is 1. The number of hydrogen-bond donors (Lipinski definition) is 0. The molecule has 0 aromatic carbocycles. The first-order valence-electron chi connectivity index (χ1n) is 4.22. The smallest absolute Gasteiger partial charge is 0.218 e. The van der Waals surface area contributed by atoms with E-state index in [1.165, 1.54) is 10.9 Å². The SMILES string of the molecule is Cc1cc(Br)nn1C.O=Cn1ccnc1. The van der Waals surface area contributed by atoms with Crippen molar-refractivity contribution < 1.29 is 4.79 Å². The van der Waals surface area contributed by atoms with Crippen LogP contribution in [-0.4, -0.2) is 25.7 Å². The molecule has 2 rings (SSSR count). The molecule has 15 heavy (non-hydrogen) atoms. The summed E-state index contributed by atoms with van der Waals surface area (Å²) in [5.74, 6) is 0. The lowest BCUT2D eigenvalue weighted by atomic mass is 10.5. The molecular formula is C9H11BrN4O. The van der Waals surface area contributed by atoms with E-state index in [9.17, 15) is 4.79 Å². The van der Waals surface area contributed by atoms with Crippen LogP contribution in [0.2, 0.25) is 0 Å². The van der Waals surface area contributed by atoms with E-state index in [-0.39, 0.29) is 0 Å². The van der Waals surface area contributed by atoms with Gasteiger partial charge in [0, 0.05) is 25.1 Å². The molecule has 0 saturated carbocycles. The topological polar surface area (TPSA) is 52.7 Å². The van der Waals surface area contributed by atoms with Crippen LogP contribution >= 0.6 is 15.9 Å². The average Bonchev–Trinajstić information content (AvgIpc) is 2.78. The van der Waals surface area contributed by atoms with E-state index in [2.05, 4.69) is 26.0 Å². The monoisotopic (exact) mass is 270 g/mol. The second kappa shape index (κ2) is 5.45. The fourth-order valence-corrected chi connectivity index (χ4v) is 1.42. The lowest BCUT2D eigenvalue weighted by molar-refractivity contribution is 0.547. The Morgan fingerprint density at radius 2 is 2.27 bits per heavy atom. The van der Waals surface area contributed by atoms with Crippen molar-refractivity contribution in [1.82, 2.24) is 19.3 Å². The zero-order chi connectivity index (χ0) is 11.3. The zero-order valence-electron chi connectivity index (χ0n) is 8.46. The second-order valence-corrected chi connectivity index (χ2v) is 3.66. The van der Waals surface area contributed by atoms with Gasteiger partial charge in [-0.15, -0.1) is 0 Å². The number of carbonyl (C=O) groups is 1. The summed E-state index contributed by atoms with van der Waals surface area (Å²) >= 11 is 3.25. The lowest BCUT2D eigenvalue weighted by Crippen LogP contribution is -1.91. The highest BCUT2D eigenvalue weighted by Gasteiger charge is 1.93. The predicted molar refractivity (Wildman–Crippen MR) is 60.0 cm³/mol. The van der Waals surface area contributed by atoms with E-state index >= 15 is 0 Å².